The third kappa shape index (κ3) is 4.70. The van der Waals surface area contributed by atoms with Gasteiger partial charge in [-0.1, -0.05) is 6.07 Å². The van der Waals surface area contributed by atoms with Crippen LogP contribution in [-0.4, -0.2) is 50.8 Å². The van der Waals surface area contributed by atoms with Gasteiger partial charge in [0.05, 0.1) is 30.5 Å². The lowest BCUT2D eigenvalue weighted by molar-refractivity contribution is 0.0480. The quantitative estimate of drug-likeness (QED) is 0.560. The molecule has 0 radical (unpaired) electrons. The van der Waals surface area contributed by atoms with E-state index in [-0.39, 0.29) is 11.9 Å². The number of benzene rings is 1. The highest BCUT2D eigenvalue weighted by Gasteiger charge is 2.23. The van der Waals surface area contributed by atoms with Crippen LogP contribution in [0.4, 0.5) is 5.69 Å². The highest BCUT2D eigenvalue weighted by molar-refractivity contribution is 5.99. The number of aryl methyl sites for hydroxylation is 1. The normalized spacial score (nSPS) is 12.0. The summed E-state index contributed by atoms with van der Waals surface area (Å²) in [7, 11) is 3.23. The Morgan fingerprint density at radius 1 is 1.38 bits per heavy atom. The van der Waals surface area contributed by atoms with Gasteiger partial charge in [0.15, 0.2) is 0 Å². The van der Waals surface area contributed by atoms with Crippen molar-refractivity contribution in [1.29, 1.82) is 0 Å². The van der Waals surface area contributed by atoms with Crippen LogP contribution in [0.1, 0.15) is 22.8 Å². The molecule has 1 aromatic carbocycles. The molecule has 0 aliphatic heterocycles. The molecular weight excluding hydrogens is 270 g/mol. The first-order valence-electron chi connectivity index (χ1n) is 6.91. The maximum atomic E-state index is 12.8. The summed E-state index contributed by atoms with van der Waals surface area (Å²) in [6.45, 7) is 5.33. The second kappa shape index (κ2) is 8.61. The molecule has 1 rings (SSSR count). The molecule has 0 spiro atoms. The molecule has 1 atom stereocenters. The Bertz CT molecular complexity index is 465. The highest BCUT2D eigenvalue weighted by Crippen LogP contribution is 2.19. The van der Waals surface area contributed by atoms with Crippen molar-refractivity contribution in [2.75, 3.05) is 39.4 Å². The van der Waals surface area contributed by atoms with Crippen molar-refractivity contribution in [2.24, 2.45) is 5.84 Å². The van der Waals surface area contributed by atoms with E-state index in [2.05, 4.69) is 5.43 Å². The Morgan fingerprint density at radius 3 is 2.67 bits per heavy atom. The van der Waals surface area contributed by atoms with E-state index in [1.807, 2.05) is 26.0 Å². The van der Waals surface area contributed by atoms with Crippen LogP contribution in [0.2, 0.25) is 0 Å². The van der Waals surface area contributed by atoms with Crippen molar-refractivity contribution < 1.29 is 14.3 Å². The van der Waals surface area contributed by atoms with Gasteiger partial charge in [-0.15, -0.1) is 0 Å². The number of anilines is 1. The molecule has 0 saturated carbocycles. The van der Waals surface area contributed by atoms with Crippen molar-refractivity contribution in [2.45, 2.75) is 19.9 Å². The molecule has 0 aromatic heterocycles. The van der Waals surface area contributed by atoms with E-state index in [0.29, 0.717) is 31.0 Å². The molecule has 118 valence electrons. The number of carbonyl (C=O) groups excluding carboxylic acids is 1. The van der Waals surface area contributed by atoms with Crippen LogP contribution in [0, 0.1) is 6.92 Å². The average Bonchev–Trinajstić information content (AvgIpc) is 2.47. The number of amides is 1. The Kier molecular flexibility index (Phi) is 7.14. The van der Waals surface area contributed by atoms with Crippen molar-refractivity contribution >= 4 is 11.6 Å². The molecule has 6 nitrogen and oxygen atoms in total. The van der Waals surface area contributed by atoms with Gasteiger partial charge in [-0.05, 0) is 31.5 Å². The maximum Gasteiger partial charge on any atom is 0.256 e. The van der Waals surface area contributed by atoms with E-state index in [9.17, 15) is 4.79 Å². The summed E-state index contributed by atoms with van der Waals surface area (Å²) in [6, 6.07) is 5.47. The molecule has 0 saturated heterocycles. The molecule has 6 heteroatoms. The van der Waals surface area contributed by atoms with E-state index in [1.165, 1.54) is 0 Å². The summed E-state index contributed by atoms with van der Waals surface area (Å²) in [5.74, 6) is 5.43. The lowest BCUT2D eigenvalue weighted by atomic mass is 10.1. The number of hydrogen-bond acceptors (Lipinski definition) is 5. The van der Waals surface area contributed by atoms with E-state index in [1.54, 1.807) is 25.2 Å². The standard InChI is InChI=1S/C15H25N3O3/c1-11-5-6-13(14(9-11)17-16)15(19)18(7-8-20-3)12(2)10-21-4/h5-6,9,12,17H,7-8,10,16H2,1-4H3. The number of nitrogens with two attached hydrogens (primary N) is 1. The zero-order valence-corrected chi connectivity index (χ0v) is 13.2. The zero-order valence-electron chi connectivity index (χ0n) is 13.2. The van der Waals surface area contributed by atoms with E-state index in [0.717, 1.165) is 5.56 Å². The Labute approximate surface area is 126 Å². The summed E-state index contributed by atoms with van der Waals surface area (Å²) >= 11 is 0. The number of nitrogens with zero attached hydrogens (tertiary/aromatic N) is 1. The van der Waals surface area contributed by atoms with Gasteiger partial charge < -0.3 is 19.8 Å². The fourth-order valence-electron chi connectivity index (χ4n) is 2.16. The molecule has 3 N–H and O–H groups in total. The van der Waals surface area contributed by atoms with Crippen LogP contribution < -0.4 is 11.3 Å². The van der Waals surface area contributed by atoms with Gasteiger partial charge in [-0.2, -0.15) is 0 Å². The van der Waals surface area contributed by atoms with Crippen LogP contribution in [0.25, 0.3) is 0 Å². The summed E-state index contributed by atoms with van der Waals surface area (Å²) in [5, 5.41) is 0. The minimum absolute atomic E-state index is 0.0513. The molecule has 0 fully saturated rings. The summed E-state index contributed by atoms with van der Waals surface area (Å²) < 4.78 is 10.2. The molecule has 0 bridgehead atoms. The highest BCUT2D eigenvalue weighted by atomic mass is 16.5. The number of rotatable bonds is 8. The molecule has 0 aliphatic rings. The number of nitrogen functional groups attached to an aromatic ring is 1. The Hall–Kier alpha value is -1.63. The molecule has 1 aromatic rings. The van der Waals surface area contributed by atoms with Gasteiger partial charge >= 0.3 is 0 Å². The first-order valence-corrected chi connectivity index (χ1v) is 6.91. The van der Waals surface area contributed by atoms with Crippen molar-refractivity contribution in [3.05, 3.63) is 29.3 Å². The van der Waals surface area contributed by atoms with Crippen molar-refractivity contribution in [3.63, 3.8) is 0 Å². The summed E-state index contributed by atoms with van der Waals surface area (Å²) in [6.07, 6.45) is 0. The lowest BCUT2D eigenvalue weighted by Crippen LogP contribution is -2.43. The topological polar surface area (TPSA) is 76.8 Å². The van der Waals surface area contributed by atoms with E-state index in [4.69, 9.17) is 15.3 Å². The van der Waals surface area contributed by atoms with Crippen molar-refractivity contribution in [3.8, 4) is 0 Å². The largest absolute Gasteiger partial charge is 0.383 e. The SMILES string of the molecule is COCCN(C(=O)c1ccc(C)cc1NN)C(C)COC. The molecule has 21 heavy (non-hydrogen) atoms. The first kappa shape index (κ1) is 17.4. The van der Waals surface area contributed by atoms with Gasteiger partial charge in [0.25, 0.3) is 5.91 Å². The van der Waals surface area contributed by atoms with Crippen LogP contribution in [-0.2, 0) is 9.47 Å². The number of hydrazine groups is 1. The molecule has 1 amide bonds. The number of hydrogen-bond donors (Lipinski definition) is 2. The van der Waals surface area contributed by atoms with Crippen LogP contribution in [0.5, 0.6) is 0 Å². The third-order valence-corrected chi connectivity index (χ3v) is 3.30. The van der Waals surface area contributed by atoms with Gasteiger partial charge in [-0.25, -0.2) is 0 Å². The zero-order chi connectivity index (χ0) is 15.8. The molecule has 0 aliphatic carbocycles. The maximum absolute atomic E-state index is 12.8. The summed E-state index contributed by atoms with van der Waals surface area (Å²) in [4.78, 5) is 14.5. The second-order valence-corrected chi connectivity index (χ2v) is 4.99. The van der Waals surface area contributed by atoms with Gasteiger partial charge in [0.2, 0.25) is 0 Å². The van der Waals surface area contributed by atoms with Crippen LogP contribution >= 0.6 is 0 Å². The number of nitrogens with one attached hydrogen (secondary N) is 1. The predicted molar refractivity (Wildman–Crippen MR) is 83.2 cm³/mol. The van der Waals surface area contributed by atoms with E-state index < -0.39 is 0 Å². The lowest BCUT2D eigenvalue weighted by Gasteiger charge is -2.29. The molecule has 0 heterocycles. The average molecular weight is 295 g/mol. The van der Waals surface area contributed by atoms with Gasteiger partial charge in [0.1, 0.15) is 0 Å². The van der Waals surface area contributed by atoms with Crippen LogP contribution in [0.15, 0.2) is 18.2 Å². The fraction of sp³-hybridized carbons (Fsp3) is 0.533. The number of carbonyl (C=O) groups is 1. The number of ether oxygens (including phenoxy) is 2. The second-order valence-electron chi connectivity index (χ2n) is 4.99. The van der Waals surface area contributed by atoms with Gasteiger partial charge in [0, 0.05) is 20.8 Å². The Morgan fingerprint density at radius 2 is 2.10 bits per heavy atom. The number of methoxy groups -OCH3 is 2. The minimum atomic E-state index is -0.0930. The molecular formula is C15H25N3O3. The summed E-state index contributed by atoms with van der Waals surface area (Å²) in [5.41, 5.74) is 4.79. The first-order chi connectivity index (χ1) is 10.0. The van der Waals surface area contributed by atoms with E-state index >= 15 is 0 Å². The third-order valence-electron chi connectivity index (χ3n) is 3.30. The Balaban J connectivity index is 3.03. The fourth-order valence-corrected chi connectivity index (χ4v) is 2.16. The predicted octanol–water partition coefficient (Wildman–Crippen LogP) is 1.40. The molecule has 1 unspecified atom stereocenters. The van der Waals surface area contributed by atoms with Gasteiger partial charge in [-0.3, -0.25) is 10.6 Å². The minimum Gasteiger partial charge on any atom is -0.383 e. The monoisotopic (exact) mass is 295 g/mol. The van der Waals surface area contributed by atoms with Crippen molar-refractivity contribution in [1.82, 2.24) is 4.90 Å². The smallest absolute Gasteiger partial charge is 0.256 e. The van der Waals surface area contributed by atoms with Crippen LogP contribution in [0.3, 0.4) is 0 Å².